The van der Waals surface area contributed by atoms with Gasteiger partial charge in [0.05, 0.1) is 22.9 Å². The highest BCUT2D eigenvalue weighted by atomic mass is 16.5. The summed E-state index contributed by atoms with van der Waals surface area (Å²) in [6, 6.07) is 36.3. The van der Waals surface area contributed by atoms with Gasteiger partial charge in [0.2, 0.25) is 0 Å². The van der Waals surface area contributed by atoms with Gasteiger partial charge in [0, 0.05) is 33.4 Å². The Bertz CT molecular complexity index is 2090. The van der Waals surface area contributed by atoms with Crippen molar-refractivity contribution < 1.29 is 4.74 Å². The quantitative estimate of drug-likeness (QED) is 0.174. The van der Waals surface area contributed by atoms with Crippen LogP contribution in [-0.2, 0) is 0 Å². The summed E-state index contributed by atoms with van der Waals surface area (Å²) in [4.78, 5) is 10.1. The van der Waals surface area contributed by atoms with Crippen LogP contribution >= 0.6 is 0 Å². The second kappa shape index (κ2) is 8.75. The molecule has 0 radical (unpaired) electrons. The number of aromatic nitrogens is 2. The summed E-state index contributed by atoms with van der Waals surface area (Å²) in [5, 5.41) is 7.10. The van der Waals surface area contributed by atoms with Crippen LogP contribution in [0, 0.1) is 0 Å². The van der Waals surface area contributed by atoms with Crippen molar-refractivity contribution in [3.05, 3.63) is 128 Å². The zero-order valence-electron chi connectivity index (χ0n) is 22.1. The molecule has 0 fully saturated rings. The van der Waals surface area contributed by atoms with Gasteiger partial charge < -0.3 is 4.74 Å². The molecule has 0 aliphatic carbocycles. The number of nitrogens with zero attached hydrogens (tertiary/aromatic N) is 2. The molecule has 8 rings (SSSR count). The zero-order chi connectivity index (χ0) is 26.8. The maximum atomic E-state index is 6.45. The van der Waals surface area contributed by atoms with Crippen LogP contribution < -0.4 is 4.74 Å². The van der Waals surface area contributed by atoms with Crippen molar-refractivity contribution in [1.29, 1.82) is 0 Å². The molecule has 3 heteroatoms. The normalized spacial score (nSPS) is 16.4. The van der Waals surface area contributed by atoms with Crippen molar-refractivity contribution in [3.8, 4) is 28.1 Å². The topological polar surface area (TPSA) is 35.0 Å². The van der Waals surface area contributed by atoms with E-state index in [1.165, 1.54) is 27.1 Å². The minimum absolute atomic E-state index is 0.0510. The first-order chi connectivity index (χ1) is 19.7. The van der Waals surface area contributed by atoms with E-state index >= 15 is 0 Å². The van der Waals surface area contributed by atoms with Gasteiger partial charge in [0.25, 0.3) is 0 Å². The summed E-state index contributed by atoms with van der Waals surface area (Å²) in [7, 11) is 0. The second-order valence-electron chi connectivity index (χ2n) is 10.6. The molecular formula is C37H26N2O. The molecule has 190 valence electrons. The lowest BCUT2D eigenvalue weighted by Gasteiger charge is -2.13. The third kappa shape index (κ3) is 3.31. The van der Waals surface area contributed by atoms with Gasteiger partial charge in [-0.2, -0.15) is 0 Å². The Hall–Kier alpha value is -5.02. The van der Waals surface area contributed by atoms with E-state index in [0.29, 0.717) is 0 Å². The number of rotatable bonds is 3. The molecule has 0 saturated carbocycles. The molecule has 0 amide bonds. The number of hydrogen-bond acceptors (Lipinski definition) is 3. The highest BCUT2D eigenvalue weighted by molar-refractivity contribution is 6.23. The molecule has 2 atom stereocenters. The van der Waals surface area contributed by atoms with Crippen LogP contribution in [-0.4, -0.2) is 16.1 Å². The standard InChI is InChI=1S/C37H26N2O/c1-3-26-22(2)40-37-32(20-25-10-4-5-11-27(25)34(26)37)23-16-18-24(19-17-23)33-21-38-35-30-14-8-6-12-28(30)29-13-7-9-15-31(29)36(35)39-33/h3-22,26H,1H2,2H3. The highest BCUT2D eigenvalue weighted by Gasteiger charge is 2.33. The third-order valence-corrected chi connectivity index (χ3v) is 8.36. The maximum absolute atomic E-state index is 6.45. The zero-order valence-corrected chi connectivity index (χ0v) is 22.1. The first kappa shape index (κ1) is 22.9. The molecule has 0 bridgehead atoms. The van der Waals surface area contributed by atoms with Crippen molar-refractivity contribution in [2.75, 3.05) is 0 Å². The van der Waals surface area contributed by atoms with E-state index in [-0.39, 0.29) is 12.0 Å². The number of hydrogen-bond donors (Lipinski definition) is 0. The lowest BCUT2D eigenvalue weighted by Crippen LogP contribution is -2.11. The molecule has 7 aromatic rings. The van der Waals surface area contributed by atoms with Crippen molar-refractivity contribution in [2.45, 2.75) is 18.9 Å². The minimum atomic E-state index is 0.0510. The van der Waals surface area contributed by atoms with E-state index in [1.54, 1.807) is 0 Å². The van der Waals surface area contributed by atoms with Crippen LogP contribution in [0.15, 0.2) is 122 Å². The highest BCUT2D eigenvalue weighted by Crippen LogP contribution is 2.49. The molecular weight excluding hydrogens is 488 g/mol. The Morgan fingerprint density at radius 3 is 2.00 bits per heavy atom. The van der Waals surface area contributed by atoms with Gasteiger partial charge in [0.1, 0.15) is 11.9 Å². The first-order valence-electron chi connectivity index (χ1n) is 13.7. The summed E-state index contributed by atoms with van der Waals surface area (Å²) < 4.78 is 6.45. The Labute approximate surface area is 232 Å². The van der Waals surface area contributed by atoms with Crippen LogP contribution in [0.25, 0.3) is 65.7 Å². The van der Waals surface area contributed by atoms with Gasteiger partial charge in [-0.15, -0.1) is 6.58 Å². The minimum Gasteiger partial charge on any atom is -0.489 e. The molecule has 1 aliphatic heterocycles. The summed E-state index contributed by atoms with van der Waals surface area (Å²) in [6.07, 6.45) is 3.96. The van der Waals surface area contributed by atoms with E-state index in [0.717, 1.165) is 49.9 Å². The lowest BCUT2D eigenvalue weighted by molar-refractivity contribution is 0.242. The van der Waals surface area contributed by atoms with Gasteiger partial charge in [-0.25, -0.2) is 4.98 Å². The molecule has 2 unspecified atom stereocenters. The SMILES string of the molecule is C=CC1c2c(c(-c3ccc(-c4cnc5c6ccccc6c6ccccc6c5n4)cc3)cc3ccccc23)OC1C. The fourth-order valence-corrected chi connectivity index (χ4v) is 6.41. The van der Waals surface area contributed by atoms with Gasteiger partial charge in [-0.3, -0.25) is 4.98 Å². The largest absolute Gasteiger partial charge is 0.489 e. The molecule has 0 saturated heterocycles. The predicted octanol–water partition coefficient (Wildman–Crippen LogP) is 9.47. The molecule has 0 spiro atoms. The smallest absolute Gasteiger partial charge is 0.132 e. The average Bonchev–Trinajstić information content (AvgIpc) is 3.36. The number of fused-ring (bicyclic) bond motifs is 9. The van der Waals surface area contributed by atoms with Gasteiger partial charge >= 0.3 is 0 Å². The van der Waals surface area contributed by atoms with E-state index in [4.69, 9.17) is 14.7 Å². The van der Waals surface area contributed by atoms with Crippen LogP contribution in [0.2, 0.25) is 0 Å². The number of ether oxygens (including phenoxy) is 1. The third-order valence-electron chi connectivity index (χ3n) is 8.36. The van der Waals surface area contributed by atoms with Crippen molar-refractivity contribution in [2.24, 2.45) is 0 Å². The molecule has 0 N–H and O–H groups in total. The van der Waals surface area contributed by atoms with Gasteiger partial charge in [-0.1, -0.05) is 103 Å². The summed E-state index contributed by atoms with van der Waals surface area (Å²) >= 11 is 0. The van der Waals surface area contributed by atoms with Crippen LogP contribution in [0.3, 0.4) is 0 Å². The monoisotopic (exact) mass is 514 g/mol. The van der Waals surface area contributed by atoms with Crippen molar-refractivity contribution in [1.82, 2.24) is 9.97 Å². The summed E-state index contributed by atoms with van der Waals surface area (Å²) in [5.41, 5.74) is 7.22. The molecule has 40 heavy (non-hydrogen) atoms. The Morgan fingerprint density at radius 1 is 0.700 bits per heavy atom. The Kier molecular flexibility index (Phi) is 5.02. The van der Waals surface area contributed by atoms with E-state index < -0.39 is 0 Å². The molecule has 2 heterocycles. The summed E-state index contributed by atoms with van der Waals surface area (Å²) in [6.45, 7) is 6.23. The van der Waals surface area contributed by atoms with Crippen LogP contribution in [0.5, 0.6) is 5.75 Å². The molecule has 6 aromatic carbocycles. The maximum Gasteiger partial charge on any atom is 0.132 e. The average molecular weight is 515 g/mol. The Balaban J connectivity index is 1.27. The fourth-order valence-electron chi connectivity index (χ4n) is 6.41. The van der Waals surface area contributed by atoms with E-state index in [2.05, 4.69) is 117 Å². The van der Waals surface area contributed by atoms with Gasteiger partial charge in [0.15, 0.2) is 0 Å². The first-order valence-corrected chi connectivity index (χ1v) is 13.7. The summed E-state index contributed by atoms with van der Waals surface area (Å²) in [5.74, 6) is 1.13. The van der Waals surface area contributed by atoms with Gasteiger partial charge in [-0.05, 0) is 40.1 Å². The lowest BCUT2D eigenvalue weighted by atomic mass is 9.88. The van der Waals surface area contributed by atoms with Crippen LogP contribution in [0.4, 0.5) is 0 Å². The van der Waals surface area contributed by atoms with Crippen molar-refractivity contribution in [3.63, 3.8) is 0 Å². The molecule has 1 aliphatic rings. The second-order valence-corrected chi connectivity index (χ2v) is 10.6. The number of benzene rings is 6. The van der Waals surface area contributed by atoms with Crippen molar-refractivity contribution >= 4 is 43.4 Å². The fraction of sp³-hybridized carbons (Fsp3) is 0.0811. The Morgan fingerprint density at radius 2 is 1.30 bits per heavy atom. The van der Waals surface area contributed by atoms with E-state index in [1.807, 2.05) is 12.3 Å². The van der Waals surface area contributed by atoms with E-state index in [9.17, 15) is 0 Å². The van der Waals surface area contributed by atoms with Crippen LogP contribution in [0.1, 0.15) is 18.4 Å². The predicted molar refractivity (Wildman–Crippen MR) is 166 cm³/mol. The molecule has 3 nitrogen and oxygen atoms in total. The molecule has 1 aromatic heterocycles.